The van der Waals surface area contributed by atoms with E-state index in [9.17, 15) is 0 Å². The van der Waals surface area contributed by atoms with Gasteiger partial charge in [0.2, 0.25) is 0 Å². The number of hydrogen-bond acceptors (Lipinski definition) is 3. The second-order valence-electron chi connectivity index (χ2n) is 7.05. The van der Waals surface area contributed by atoms with Crippen LogP contribution in [0.15, 0.2) is 42.7 Å². The van der Waals surface area contributed by atoms with E-state index in [0.29, 0.717) is 6.04 Å². The van der Waals surface area contributed by atoms with Crippen LogP contribution in [0.1, 0.15) is 51.7 Å². The first kappa shape index (κ1) is 20.3. The quantitative estimate of drug-likeness (QED) is 0.690. The molecule has 0 fully saturated rings. The molecule has 0 atom stereocenters. The Morgan fingerprint density at radius 3 is 2.31 bits per heavy atom. The van der Waals surface area contributed by atoms with Gasteiger partial charge in [-0.25, -0.2) is 0 Å². The lowest BCUT2D eigenvalue weighted by Crippen LogP contribution is -2.35. The van der Waals surface area contributed by atoms with Crippen LogP contribution >= 0.6 is 0 Å². The van der Waals surface area contributed by atoms with Crippen LogP contribution in [0.25, 0.3) is 0 Å². The summed E-state index contributed by atoms with van der Waals surface area (Å²) in [6.45, 7) is 10.9. The van der Waals surface area contributed by atoms with Gasteiger partial charge in [0.25, 0.3) is 0 Å². The molecule has 2 aliphatic rings. The molecule has 0 bridgehead atoms. The maximum absolute atomic E-state index is 4.17. The van der Waals surface area contributed by atoms with Gasteiger partial charge in [-0.3, -0.25) is 4.98 Å². The molecule has 4 rings (SSSR count). The number of aromatic nitrogens is 1. The average molecular weight is 354 g/mol. The van der Waals surface area contributed by atoms with Gasteiger partial charge < -0.3 is 9.80 Å². The van der Waals surface area contributed by atoms with Gasteiger partial charge in [-0.2, -0.15) is 0 Å². The van der Waals surface area contributed by atoms with E-state index in [1.807, 2.05) is 26.2 Å². The van der Waals surface area contributed by atoms with Crippen molar-refractivity contribution in [3.63, 3.8) is 0 Å². The van der Waals surface area contributed by atoms with Crippen molar-refractivity contribution in [2.75, 3.05) is 29.9 Å². The number of benzene rings is 1. The van der Waals surface area contributed by atoms with E-state index in [1.165, 1.54) is 61.3 Å². The Labute approximate surface area is 160 Å². The Hall–Kier alpha value is -2.03. The first-order valence-electron chi connectivity index (χ1n) is 10.2. The zero-order valence-electron chi connectivity index (χ0n) is 17.2. The van der Waals surface area contributed by atoms with E-state index in [0.717, 1.165) is 0 Å². The molecule has 0 aliphatic carbocycles. The van der Waals surface area contributed by atoms with E-state index in [2.05, 4.69) is 66.0 Å². The SMILES string of the molecule is CC.CC(C)N1CCCc2cnccc21.CN1CCCc2ccccc21. The molecule has 3 heteroatoms. The van der Waals surface area contributed by atoms with Crippen molar-refractivity contribution in [1.29, 1.82) is 0 Å². The van der Waals surface area contributed by atoms with E-state index in [1.54, 1.807) is 0 Å². The maximum atomic E-state index is 4.17. The molecule has 3 heterocycles. The van der Waals surface area contributed by atoms with Crippen molar-refractivity contribution in [2.45, 2.75) is 59.4 Å². The molecule has 0 spiro atoms. The summed E-state index contributed by atoms with van der Waals surface area (Å²) >= 11 is 0. The van der Waals surface area contributed by atoms with E-state index >= 15 is 0 Å². The number of fused-ring (bicyclic) bond motifs is 2. The number of para-hydroxylation sites is 1. The summed E-state index contributed by atoms with van der Waals surface area (Å²) in [5.41, 5.74) is 5.71. The summed E-state index contributed by atoms with van der Waals surface area (Å²) in [4.78, 5) is 8.96. The highest BCUT2D eigenvalue weighted by atomic mass is 15.2. The van der Waals surface area contributed by atoms with Crippen LogP contribution in [-0.4, -0.2) is 31.2 Å². The fourth-order valence-electron chi connectivity index (χ4n) is 3.71. The molecular formula is C23H35N3. The Morgan fingerprint density at radius 1 is 0.885 bits per heavy atom. The van der Waals surface area contributed by atoms with Crippen molar-refractivity contribution in [3.8, 4) is 0 Å². The van der Waals surface area contributed by atoms with Gasteiger partial charge in [0.15, 0.2) is 0 Å². The summed E-state index contributed by atoms with van der Waals surface area (Å²) in [6.07, 6.45) is 8.89. The summed E-state index contributed by atoms with van der Waals surface area (Å²) < 4.78 is 0. The van der Waals surface area contributed by atoms with Crippen LogP contribution in [0.3, 0.4) is 0 Å². The van der Waals surface area contributed by atoms with Gasteiger partial charge >= 0.3 is 0 Å². The molecule has 142 valence electrons. The average Bonchev–Trinajstić information content (AvgIpc) is 2.70. The Kier molecular flexibility index (Phi) is 7.96. The first-order chi connectivity index (χ1) is 12.7. The van der Waals surface area contributed by atoms with E-state index in [4.69, 9.17) is 0 Å². The van der Waals surface area contributed by atoms with Crippen LogP contribution in [0.5, 0.6) is 0 Å². The molecule has 3 nitrogen and oxygen atoms in total. The molecule has 0 saturated carbocycles. The molecule has 1 aromatic heterocycles. The van der Waals surface area contributed by atoms with Crippen LogP contribution in [-0.2, 0) is 12.8 Å². The number of anilines is 2. The molecule has 0 N–H and O–H groups in total. The molecule has 26 heavy (non-hydrogen) atoms. The molecule has 2 aromatic rings. The number of nitrogens with zero attached hydrogens (tertiary/aromatic N) is 3. The van der Waals surface area contributed by atoms with Crippen molar-refractivity contribution >= 4 is 11.4 Å². The molecule has 0 radical (unpaired) electrons. The fourth-order valence-corrected chi connectivity index (χ4v) is 3.71. The van der Waals surface area contributed by atoms with Crippen molar-refractivity contribution in [2.24, 2.45) is 0 Å². The lowest BCUT2D eigenvalue weighted by molar-refractivity contribution is 0.624. The highest BCUT2D eigenvalue weighted by molar-refractivity contribution is 5.55. The second kappa shape index (κ2) is 10.2. The third kappa shape index (κ3) is 5.00. The highest BCUT2D eigenvalue weighted by Gasteiger charge is 2.18. The van der Waals surface area contributed by atoms with Crippen LogP contribution in [0.2, 0.25) is 0 Å². The molecule has 0 saturated heterocycles. The summed E-state index contributed by atoms with van der Waals surface area (Å²) in [5.74, 6) is 0. The lowest BCUT2D eigenvalue weighted by atomic mass is 10.0. The minimum Gasteiger partial charge on any atom is -0.374 e. The van der Waals surface area contributed by atoms with E-state index < -0.39 is 0 Å². The molecule has 1 aromatic carbocycles. The third-order valence-electron chi connectivity index (χ3n) is 5.00. The third-order valence-corrected chi connectivity index (χ3v) is 5.00. The Bertz CT molecular complexity index is 666. The smallest absolute Gasteiger partial charge is 0.0432 e. The lowest BCUT2D eigenvalue weighted by Gasteiger charge is -2.34. The Morgan fingerprint density at radius 2 is 1.58 bits per heavy atom. The fraction of sp³-hybridized carbons (Fsp3) is 0.522. The van der Waals surface area contributed by atoms with Gasteiger partial charge in [-0.1, -0.05) is 32.0 Å². The monoisotopic (exact) mass is 353 g/mol. The van der Waals surface area contributed by atoms with Crippen molar-refractivity contribution < 1.29 is 0 Å². The maximum Gasteiger partial charge on any atom is 0.0432 e. The molecule has 2 aliphatic heterocycles. The van der Waals surface area contributed by atoms with Gasteiger partial charge in [-0.15, -0.1) is 0 Å². The number of hydrogen-bond donors (Lipinski definition) is 0. The van der Waals surface area contributed by atoms with Gasteiger partial charge in [0.1, 0.15) is 0 Å². The molecule has 0 amide bonds. The topological polar surface area (TPSA) is 19.4 Å². The Balaban J connectivity index is 0.000000173. The van der Waals surface area contributed by atoms with Gasteiger partial charge in [0, 0.05) is 49.9 Å². The van der Waals surface area contributed by atoms with Crippen LogP contribution in [0.4, 0.5) is 11.4 Å². The summed E-state index contributed by atoms with van der Waals surface area (Å²) in [5, 5.41) is 0. The number of pyridine rings is 1. The first-order valence-corrected chi connectivity index (χ1v) is 10.2. The zero-order valence-corrected chi connectivity index (χ0v) is 17.2. The van der Waals surface area contributed by atoms with Crippen LogP contribution in [0, 0.1) is 0 Å². The number of rotatable bonds is 1. The van der Waals surface area contributed by atoms with Gasteiger partial charge in [0.05, 0.1) is 0 Å². The van der Waals surface area contributed by atoms with E-state index in [-0.39, 0.29) is 0 Å². The number of aryl methyl sites for hydroxylation is 2. The standard InChI is InChI=1S/C11H16N2.C10H13N.C2H6/c1-9(2)13-7-3-4-10-8-12-6-5-11(10)13;1-11-8-4-6-9-5-2-3-7-10(9)11;1-2/h5-6,8-9H,3-4,7H2,1-2H3;2-3,5,7H,4,6,8H2,1H3;1-2H3. The van der Waals surface area contributed by atoms with Crippen LogP contribution < -0.4 is 9.80 Å². The highest BCUT2D eigenvalue weighted by Crippen LogP contribution is 2.27. The van der Waals surface area contributed by atoms with Crippen molar-refractivity contribution in [3.05, 3.63) is 53.9 Å². The minimum atomic E-state index is 0.599. The normalized spacial score (nSPS) is 15.2. The van der Waals surface area contributed by atoms with Gasteiger partial charge in [-0.05, 0) is 62.8 Å². The predicted octanol–water partition coefficient (Wildman–Crippen LogP) is 5.34. The molecular weight excluding hydrogens is 318 g/mol. The molecule has 0 unspecified atom stereocenters. The zero-order chi connectivity index (χ0) is 18.9. The summed E-state index contributed by atoms with van der Waals surface area (Å²) in [6, 6.07) is 11.4. The predicted molar refractivity (Wildman–Crippen MR) is 114 cm³/mol. The second-order valence-corrected chi connectivity index (χ2v) is 7.05. The van der Waals surface area contributed by atoms with Crippen molar-refractivity contribution in [1.82, 2.24) is 4.98 Å². The summed E-state index contributed by atoms with van der Waals surface area (Å²) in [7, 11) is 2.16. The largest absolute Gasteiger partial charge is 0.374 e. The minimum absolute atomic E-state index is 0.599.